The van der Waals surface area contributed by atoms with E-state index in [-0.39, 0.29) is 18.6 Å². The fraction of sp³-hybridized carbons (Fsp3) is 0.385. The summed E-state index contributed by atoms with van der Waals surface area (Å²) in [7, 11) is 1.98. The first-order valence-corrected chi connectivity index (χ1v) is 11.9. The first-order valence-electron chi connectivity index (χ1n) is 11.1. The van der Waals surface area contributed by atoms with Gasteiger partial charge in [-0.3, -0.25) is 9.59 Å². The second-order valence-electron chi connectivity index (χ2n) is 8.26. The number of carbonyl (C=O) groups excluding carboxylic acids is 1. The van der Waals surface area contributed by atoms with Crippen LogP contribution in [0.4, 0.5) is 0 Å². The number of carboxylic acid groups (broad SMARTS) is 1. The molecule has 0 unspecified atom stereocenters. The fourth-order valence-corrected chi connectivity index (χ4v) is 4.65. The molecule has 2 aromatic carbocycles. The number of fused-ring (bicyclic) bond motifs is 1. The van der Waals surface area contributed by atoms with Gasteiger partial charge in [0.2, 0.25) is 0 Å². The van der Waals surface area contributed by atoms with E-state index in [2.05, 4.69) is 10.6 Å². The van der Waals surface area contributed by atoms with Crippen molar-refractivity contribution >= 4 is 45.9 Å². The van der Waals surface area contributed by atoms with E-state index in [1.165, 1.54) is 5.56 Å². The normalized spacial score (nSPS) is 11.2. The largest absolute Gasteiger partial charge is 0.481 e. The number of hydrogen-bond acceptors (Lipinski definition) is 2. The number of ketones is 1. The molecule has 0 saturated carbocycles. The summed E-state index contributed by atoms with van der Waals surface area (Å²) in [6.45, 7) is 0. The molecule has 3 aromatic rings. The fourth-order valence-electron chi connectivity index (χ4n) is 4.27. The first kappa shape index (κ1) is 24.3. The van der Waals surface area contributed by atoms with Crippen LogP contribution in [0.1, 0.15) is 66.6 Å². The van der Waals surface area contributed by atoms with Gasteiger partial charge in [0.25, 0.3) is 0 Å². The molecule has 3 rings (SSSR count). The summed E-state index contributed by atoms with van der Waals surface area (Å²) < 4.78 is 2.09. The average Bonchev–Trinajstić information content (AvgIpc) is 3.01. The molecule has 0 aliphatic carbocycles. The number of aryl methyl sites for hydroxylation is 2. The van der Waals surface area contributed by atoms with Crippen LogP contribution in [0.5, 0.6) is 0 Å². The molecule has 0 fully saturated rings. The minimum atomic E-state index is -0.878. The van der Waals surface area contributed by atoms with Gasteiger partial charge in [0.15, 0.2) is 5.78 Å². The van der Waals surface area contributed by atoms with Crippen LogP contribution in [0, 0.1) is 0 Å². The van der Waals surface area contributed by atoms with E-state index < -0.39 is 5.97 Å². The minimum absolute atomic E-state index is 0.000772. The Morgan fingerprint density at radius 2 is 1.59 bits per heavy atom. The SMILES string of the molecule is Cn1c(CCCCCCc2cccc(Cl)c2)c(C(=O)CCCC(=O)O)c2cc(Cl)ccc21. The van der Waals surface area contributed by atoms with E-state index in [1.807, 2.05) is 43.4 Å². The number of aliphatic carboxylic acids is 1. The van der Waals surface area contributed by atoms with Crippen molar-refractivity contribution in [3.63, 3.8) is 0 Å². The van der Waals surface area contributed by atoms with Crippen molar-refractivity contribution in [3.8, 4) is 0 Å². The van der Waals surface area contributed by atoms with E-state index in [0.717, 1.165) is 60.1 Å². The Balaban J connectivity index is 1.64. The topological polar surface area (TPSA) is 59.3 Å². The molecule has 0 atom stereocenters. The molecule has 1 aromatic heterocycles. The lowest BCUT2D eigenvalue weighted by Crippen LogP contribution is -2.07. The number of unbranched alkanes of at least 4 members (excludes halogenated alkanes) is 3. The molecule has 0 spiro atoms. The Hall–Kier alpha value is -2.30. The molecule has 1 N–H and O–H groups in total. The van der Waals surface area contributed by atoms with Crippen LogP contribution < -0.4 is 0 Å². The second kappa shape index (κ2) is 11.5. The quantitative estimate of drug-likeness (QED) is 0.222. The highest BCUT2D eigenvalue weighted by Crippen LogP contribution is 2.31. The summed E-state index contributed by atoms with van der Waals surface area (Å²) in [5.74, 6) is -0.883. The summed E-state index contributed by atoms with van der Waals surface area (Å²) in [4.78, 5) is 23.9. The number of aromatic nitrogens is 1. The highest BCUT2D eigenvalue weighted by atomic mass is 35.5. The van der Waals surface area contributed by atoms with Crippen LogP contribution in [0.25, 0.3) is 10.9 Å². The van der Waals surface area contributed by atoms with Crippen LogP contribution in [-0.4, -0.2) is 21.4 Å². The predicted octanol–water partition coefficient (Wildman–Crippen LogP) is 7.27. The van der Waals surface area contributed by atoms with Gasteiger partial charge in [-0.1, -0.05) is 48.2 Å². The summed E-state index contributed by atoms with van der Waals surface area (Å²) in [6, 6.07) is 13.6. The molecule has 170 valence electrons. The zero-order chi connectivity index (χ0) is 23.1. The van der Waals surface area contributed by atoms with Gasteiger partial charge >= 0.3 is 5.97 Å². The predicted molar refractivity (Wildman–Crippen MR) is 131 cm³/mol. The lowest BCUT2D eigenvalue weighted by atomic mass is 9.98. The van der Waals surface area contributed by atoms with Crippen LogP contribution in [0.2, 0.25) is 10.0 Å². The maximum absolute atomic E-state index is 13.0. The molecule has 32 heavy (non-hydrogen) atoms. The van der Waals surface area contributed by atoms with Gasteiger partial charge in [-0.15, -0.1) is 0 Å². The van der Waals surface area contributed by atoms with Crippen molar-refractivity contribution in [3.05, 3.63) is 69.3 Å². The van der Waals surface area contributed by atoms with Gasteiger partial charge in [-0.2, -0.15) is 0 Å². The van der Waals surface area contributed by atoms with Gasteiger partial charge in [0.05, 0.1) is 0 Å². The van der Waals surface area contributed by atoms with Gasteiger partial charge in [-0.05, 0) is 68.0 Å². The average molecular weight is 474 g/mol. The number of hydrogen-bond donors (Lipinski definition) is 1. The zero-order valence-corrected chi connectivity index (χ0v) is 19.9. The van der Waals surface area contributed by atoms with Crippen LogP contribution in [0.3, 0.4) is 0 Å². The Labute approximate surface area is 199 Å². The molecule has 0 saturated heterocycles. The van der Waals surface area contributed by atoms with Crippen LogP contribution >= 0.6 is 23.2 Å². The molecular weight excluding hydrogens is 445 g/mol. The molecule has 1 heterocycles. The van der Waals surface area contributed by atoms with E-state index in [9.17, 15) is 9.59 Å². The smallest absolute Gasteiger partial charge is 0.303 e. The van der Waals surface area contributed by atoms with Crippen molar-refractivity contribution < 1.29 is 14.7 Å². The van der Waals surface area contributed by atoms with Crippen molar-refractivity contribution in [2.24, 2.45) is 7.05 Å². The number of Topliss-reactive ketones (excluding diaryl/α,β-unsaturated/α-hetero) is 1. The molecule has 0 radical (unpaired) electrons. The number of carbonyl (C=O) groups is 2. The molecule has 4 nitrogen and oxygen atoms in total. The number of nitrogens with zero attached hydrogens (tertiary/aromatic N) is 1. The highest BCUT2D eigenvalue weighted by Gasteiger charge is 2.21. The second-order valence-corrected chi connectivity index (χ2v) is 9.13. The summed E-state index contributed by atoms with van der Waals surface area (Å²) in [5.41, 5.74) is 3.95. The summed E-state index contributed by atoms with van der Waals surface area (Å²) in [6.07, 6.45) is 6.67. The van der Waals surface area contributed by atoms with Gasteiger partial charge < -0.3 is 9.67 Å². The van der Waals surface area contributed by atoms with Gasteiger partial charge in [0.1, 0.15) is 0 Å². The molecule has 6 heteroatoms. The Morgan fingerprint density at radius 3 is 2.31 bits per heavy atom. The van der Waals surface area contributed by atoms with Crippen molar-refractivity contribution in [2.75, 3.05) is 0 Å². The lowest BCUT2D eigenvalue weighted by molar-refractivity contribution is -0.137. The number of carboxylic acids is 1. The highest BCUT2D eigenvalue weighted by molar-refractivity contribution is 6.31. The van der Waals surface area contributed by atoms with E-state index >= 15 is 0 Å². The van der Waals surface area contributed by atoms with Crippen molar-refractivity contribution in [2.45, 2.75) is 57.8 Å². The molecule has 0 amide bonds. The van der Waals surface area contributed by atoms with Crippen molar-refractivity contribution in [1.82, 2.24) is 4.57 Å². The molecule has 0 aliphatic rings. The van der Waals surface area contributed by atoms with E-state index in [4.69, 9.17) is 28.3 Å². The maximum atomic E-state index is 13.0. The monoisotopic (exact) mass is 473 g/mol. The third-order valence-electron chi connectivity index (χ3n) is 5.87. The summed E-state index contributed by atoms with van der Waals surface area (Å²) >= 11 is 12.3. The van der Waals surface area contributed by atoms with Crippen molar-refractivity contribution in [1.29, 1.82) is 0 Å². The first-order chi connectivity index (χ1) is 15.4. The maximum Gasteiger partial charge on any atom is 0.303 e. The number of halogens is 2. The standard InChI is InChI=1S/C26H29Cl2NO3/c1-29-22-15-14-20(28)17-21(22)26(24(30)12-7-13-25(31)32)23(29)11-5-3-2-4-8-18-9-6-10-19(27)16-18/h6,9-10,14-17H,2-5,7-8,11-13H2,1H3,(H,31,32). The van der Waals surface area contributed by atoms with Crippen LogP contribution in [0.15, 0.2) is 42.5 Å². The summed E-state index contributed by atoms with van der Waals surface area (Å²) in [5, 5.41) is 11.1. The number of rotatable bonds is 12. The third-order valence-corrected chi connectivity index (χ3v) is 6.34. The van der Waals surface area contributed by atoms with Gasteiger partial charge in [-0.25, -0.2) is 0 Å². The molecule has 0 bridgehead atoms. The number of benzene rings is 2. The molecular formula is C26H29Cl2NO3. The minimum Gasteiger partial charge on any atom is -0.481 e. The Bertz CT molecular complexity index is 1100. The zero-order valence-electron chi connectivity index (χ0n) is 18.4. The Morgan fingerprint density at radius 1 is 0.875 bits per heavy atom. The van der Waals surface area contributed by atoms with Crippen LogP contribution in [-0.2, 0) is 24.7 Å². The lowest BCUT2D eigenvalue weighted by Gasteiger charge is -2.08. The van der Waals surface area contributed by atoms with Gasteiger partial charge in [0, 0.05) is 52.1 Å². The Kier molecular flexibility index (Phi) is 8.77. The van der Waals surface area contributed by atoms with E-state index in [0.29, 0.717) is 17.0 Å². The third kappa shape index (κ3) is 6.36. The molecule has 0 aliphatic heterocycles. The van der Waals surface area contributed by atoms with E-state index in [1.54, 1.807) is 0 Å².